The van der Waals surface area contributed by atoms with Gasteiger partial charge in [-0.2, -0.15) is 0 Å². The zero-order chi connectivity index (χ0) is 40.1. The summed E-state index contributed by atoms with van der Waals surface area (Å²) in [5, 5.41) is 15.6. The van der Waals surface area contributed by atoms with E-state index in [1.165, 1.54) is 38.8 Å². The summed E-state index contributed by atoms with van der Waals surface area (Å²) in [6.45, 7) is 6.07. The smallest absolute Gasteiger partial charge is 0.224 e. The molecule has 3 fully saturated rings. The molecule has 0 aromatic heterocycles. The number of amides is 2. The number of anilines is 2. The van der Waals surface area contributed by atoms with Gasteiger partial charge in [-0.15, -0.1) is 0 Å². The number of rotatable bonds is 18. The quantitative estimate of drug-likeness (QED) is 0.0588. The van der Waals surface area contributed by atoms with E-state index in [9.17, 15) is 14.7 Å². The molecule has 3 aliphatic rings. The summed E-state index contributed by atoms with van der Waals surface area (Å²) in [4.78, 5) is 30.4. The average molecular weight is 788 g/mol. The van der Waals surface area contributed by atoms with Gasteiger partial charge in [0.1, 0.15) is 0 Å². The van der Waals surface area contributed by atoms with Gasteiger partial charge in [-0.1, -0.05) is 97.8 Å². The standard InChI is InChI=1S/C48H61N5O5/c49-43-15-7-8-16-44(43)51-47(56)18-4-2-1-3-17-46(55)50-31-39-12-5-6-14-42(39)36-23-25-38(26-24-36)48-57-41(30-45(58-48)37-21-19-35(34-54)20-22-37)33-53-29-11-13-40(53)32-52-27-9-10-28-52/h5-8,12,14-16,19-26,40-41,45,48,54H,1-4,9-11,13,17-18,27-34,49H2,(H,50,55)(H,51,56). The van der Waals surface area contributed by atoms with E-state index < -0.39 is 6.29 Å². The van der Waals surface area contributed by atoms with Gasteiger partial charge in [-0.25, -0.2) is 0 Å². The van der Waals surface area contributed by atoms with Gasteiger partial charge in [0.15, 0.2) is 6.29 Å². The Morgan fingerprint density at radius 3 is 2.21 bits per heavy atom. The lowest BCUT2D eigenvalue weighted by molar-refractivity contribution is -0.253. The van der Waals surface area contributed by atoms with Gasteiger partial charge >= 0.3 is 0 Å². The van der Waals surface area contributed by atoms with Crippen molar-refractivity contribution in [3.63, 3.8) is 0 Å². The molecule has 4 aromatic rings. The van der Waals surface area contributed by atoms with Crippen molar-refractivity contribution in [2.75, 3.05) is 43.8 Å². The van der Waals surface area contributed by atoms with Crippen molar-refractivity contribution in [2.45, 2.75) is 108 Å². The highest BCUT2D eigenvalue weighted by atomic mass is 16.7. The number of unbranched alkanes of at least 4 members (excludes halogenated alkanes) is 3. The molecular formula is C48H61N5O5. The van der Waals surface area contributed by atoms with E-state index in [0.29, 0.717) is 36.8 Å². The van der Waals surface area contributed by atoms with E-state index in [1.54, 1.807) is 12.1 Å². The van der Waals surface area contributed by atoms with Crippen LogP contribution in [0, 0.1) is 0 Å². The van der Waals surface area contributed by atoms with Gasteiger partial charge in [0.05, 0.1) is 30.2 Å². The number of nitrogen functional groups attached to an aromatic ring is 1. The van der Waals surface area contributed by atoms with Crippen LogP contribution in [0.4, 0.5) is 11.4 Å². The number of aliphatic hydroxyl groups is 1. The third-order valence-corrected chi connectivity index (χ3v) is 12.0. The summed E-state index contributed by atoms with van der Waals surface area (Å²) in [6, 6.07) is 32.6. The highest BCUT2D eigenvalue weighted by Crippen LogP contribution is 2.39. The first-order chi connectivity index (χ1) is 28.4. The Hall–Kier alpha value is -4.58. The molecular weight excluding hydrogens is 727 g/mol. The first kappa shape index (κ1) is 41.6. The zero-order valence-corrected chi connectivity index (χ0v) is 33.8. The molecule has 3 saturated heterocycles. The van der Waals surface area contributed by atoms with E-state index in [1.807, 2.05) is 36.4 Å². The van der Waals surface area contributed by atoms with Crippen molar-refractivity contribution < 1.29 is 24.2 Å². The molecule has 3 aliphatic heterocycles. The van der Waals surface area contributed by atoms with Crippen LogP contribution in [0.3, 0.4) is 0 Å². The molecule has 0 aliphatic carbocycles. The lowest BCUT2D eigenvalue weighted by Gasteiger charge is -2.39. The highest BCUT2D eigenvalue weighted by molar-refractivity contribution is 5.93. The van der Waals surface area contributed by atoms with E-state index in [-0.39, 0.29) is 30.6 Å². The van der Waals surface area contributed by atoms with Crippen LogP contribution in [-0.2, 0) is 32.2 Å². The summed E-state index contributed by atoms with van der Waals surface area (Å²) in [5.41, 5.74) is 13.3. The highest BCUT2D eigenvalue weighted by Gasteiger charge is 2.36. The number of ether oxygens (including phenoxy) is 2. The first-order valence-corrected chi connectivity index (χ1v) is 21.5. The molecule has 2 amide bonds. The number of carbonyl (C=O) groups excluding carboxylic acids is 2. The lowest BCUT2D eigenvalue weighted by Crippen LogP contribution is -2.45. The second-order valence-corrected chi connectivity index (χ2v) is 16.3. The number of nitrogens with two attached hydrogens (primary N) is 1. The molecule has 5 N–H and O–H groups in total. The Bertz CT molecular complexity index is 1910. The fourth-order valence-corrected chi connectivity index (χ4v) is 8.71. The van der Waals surface area contributed by atoms with Crippen molar-refractivity contribution in [3.05, 3.63) is 119 Å². The number of nitrogens with zero attached hydrogens (tertiary/aromatic N) is 2. The maximum Gasteiger partial charge on any atom is 0.224 e. The van der Waals surface area contributed by atoms with Gasteiger partial charge in [0.2, 0.25) is 11.8 Å². The number of hydrogen-bond donors (Lipinski definition) is 4. The molecule has 0 saturated carbocycles. The molecule has 7 rings (SSSR count). The average Bonchev–Trinajstić information content (AvgIpc) is 3.94. The van der Waals surface area contributed by atoms with Crippen LogP contribution in [0.1, 0.15) is 105 Å². The molecule has 308 valence electrons. The normalized spacial score (nSPS) is 21.3. The molecule has 4 aromatic carbocycles. The molecule has 0 bridgehead atoms. The molecule has 10 heteroatoms. The molecule has 58 heavy (non-hydrogen) atoms. The molecule has 0 spiro atoms. The minimum absolute atomic E-state index is 0.0202. The van der Waals surface area contributed by atoms with E-state index in [0.717, 1.165) is 85.1 Å². The summed E-state index contributed by atoms with van der Waals surface area (Å²) in [6.07, 6.45) is 9.50. The van der Waals surface area contributed by atoms with Crippen LogP contribution in [0.25, 0.3) is 11.1 Å². The fraction of sp³-hybridized carbons (Fsp3) is 0.458. The van der Waals surface area contributed by atoms with Gasteiger partial charge in [0.25, 0.3) is 0 Å². The van der Waals surface area contributed by atoms with Crippen molar-refractivity contribution in [1.29, 1.82) is 0 Å². The van der Waals surface area contributed by atoms with Crippen molar-refractivity contribution in [3.8, 4) is 11.1 Å². The van der Waals surface area contributed by atoms with E-state index in [2.05, 4.69) is 69.0 Å². The Morgan fingerprint density at radius 2 is 1.45 bits per heavy atom. The van der Waals surface area contributed by atoms with Gasteiger partial charge < -0.3 is 35.8 Å². The maximum atomic E-state index is 12.8. The number of hydrogen-bond acceptors (Lipinski definition) is 8. The monoisotopic (exact) mass is 787 g/mol. The summed E-state index contributed by atoms with van der Waals surface area (Å²) in [7, 11) is 0. The van der Waals surface area contributed by atoms with Crippen LogP contribution in [0.15, 0.2) is 97.1 Å². The Kier molecular flexibility index (Phi) is 15.0. The van der Waals surface area contributed by atoms with Gasteiger partial charge in [-0.05, 0) is 98.1 Å². The number of para-hydroxylation sites is 2. The van der Waals surface area contributed by atoms with Crippen molar-refractivity contribution in [1.82, 2.24) is 15.1 Å². The number of benzene rings is 4. The third kappa shape index (κ3) is 11.5. The second kappa shape index (κ2) is 20.9. The van der Waals surface area contributed by atoms with Crippen LogP contribution < -0.4 is 16.4 Å². The Balaban J connectivity index is 0.920. The van der Waals surface area contributed by atoms with Crippen LogP contribution in [-0.4, -0.2) is 71.6 Å². The number of nitrogens with one attached hydrogen (secondary N) is 2. The molecule has 0 radical (unpaired) electrons. The van der Waals surface area contributed by atoms with Crippen LogP contribution >= 0.6 is 0 Å². The first-order valence-electron chi connectivity index (χ1n) is 21.5. The van der Waals surface area contributed by atoms with Gasteiger partial charge in [-0.3, -0.25) is 14.5 Å². The minimum atomic E-state index is -0.504. The SMILES string of the molecule is Nc1ccccc1NC(=O)CCCCCCC(=O)NCc1ccccc1-c1ccc(C2OC(CN3CCCC3CN3CCCC3)CC(c3ccc(CO)cc3)O2)cc1. The minimum Gasteiger partial charge on any atom is -0.397 e. The summed E-state index contributed by atoms with van der Waals surface area (Å²) in [5.74, 6) is -0.0157. The van der Waals surface area contributed by atoms with Crippen LogP contribution in [0.5, 0.6) is 0 Å². The summed E-state index contributed by atoms with van der Waals surface area (Å²) >= 11 is 0. The Morgan fingerprint density at radius 1 is 0.741 bits per heavy atom. The number of likely N-dealkylation sites (tertiary alicyclic amines) is 2. The van der Waals surface area contributed by atoms with Crippen molar-refractivity contribution >= 4 is 23.2 Å². The molecule has 4 atom stereocenters. The van der Waals surface area contributed by atoms with Crippen molar-refractivity contribution in [2.24, 2.45) is 0 Å². The van der Waals surface area contributed by atoms with E-state index >= 15 is 0 Å². The maximum absolute atomic E-state index is 12.8. The Labute approximate surface area is 344 Å². The lowest BCUT2D eigenvalue weighted by atomic mass is 9.97. The van der Waals surface area contributed by atoms with Crippen LogP contribution in [0.2, 0.25) is 0 Å². The fourth-order valence-electron chi connectivity index (χ4n) is 8.71. The third-order valence-electron chi connectivity index (χ3n) is 12.0. The number of aliphatic hydroxyl groups excluding tert-OH is 1. The summed E-state index contributed by atoms with van der Waals surface area (Å²) < 4.78 is 13.5. The number of carbonyl (C=O) groups is 2. The predicted octanol–water partition coefficient (Wildman–Crippen LogP) is 8.13. The second-order valence-electron chi connectivity index (χ2n) is 16.3. The zero-order valence-electron chi connectivity index (χ0n) is 33.8. The molecule has 3 heterocycles. The van der Waals surface area contributed by atoms with Gasteiger partial charge in [0, 0.05) is 50.5 Å². The topological polar surface area (TPSA) is 129 Å². The predicted molar refractivity (Wildman–Crippen MR) is 230 cm³/mol. The largest absolute Gasteiger partial charge is 0.397 e. The molecule has 4 unspecified atom stereocenters. The molecule has 10 nitrogen and oxygen atoms in total. The van der Waals surface area contributed by atoms with E-state index in [4.69, 9.17) is 15.2 Å².